The number of nitrogens with zero attached hydrogens (tertiary/aromatic N) is 1. The number of aldehydes is 1. The molecular weight excluding hydrogens is 348 g/mol. The van der Waals surface area contributed by atoms with Crippen molar-refractivity contribution in [1.29, 1.82) is 0 Å². The second-order valence-corrected chi connectivity index (χ2v) is 5.05. The molecule has 0 rings (SSSR count). The Morgan fingerprint density at radius 1 is 0.846 bits per heavy atom. The Morgan fingerprint density at radius 3 is 1.85 bits per heavy atom. The highest BCUT2D eigenvalue weighted by Gasteiger charge is 2.13. The maximum absolute atomic E-state index is 11.5. The molecular formula is C16H30N2O8. The second-order valence-electron chi connectivity index (χ2n) is 5.05. The van der Waals surface area contributed by atoms with E-state index in [1.165, 1.54) is 7.05 Å². The normalized spacial score (nSPS) is 10.5. The van der Waals surface area contributed by atoms with Gasteiger partial charge in [-0.3, -0.25) is 4.79 Å². The Kier molecular flexibility index (Phi) is 17.1. The molecule has 0 atom stereocenters. The average molecular weight is 378 g/mol. The summed E-state index contributed by atoms with van der Waals surface area (Å²) in [6, 6.07) is 0. The van der Waals surface area contributed by atoms with Crippen LogP contribution < -0.4 is 5.73 Å². The fraction of sp³-hybridized carbons (Fsp3) is 0.812. The predicted molar refractivity (Wildman–Crippen MR) is 91.1 cm³/mol. The molecule has 0 aliphatic heterocycles. The van der Waals surface area contributed by atoms with Gasteiger partial charge in [0.2, 0.25) is 0 Å². The van der Waals surface area contributed by atoms with E-state index in [2.05, 4.69) is 0 Å². The van der Waals surface area contributed by atoms with Crippen LogP contribution in [0.25, 0.3) is 0 Å². The molecule has 0 saturated heterocycles. The molecule has 0 aromatic carbocycles. The molecule has 2 N–H and O–H groups in total. The van der Waals surface area contributed by atoms with E-state index in [-0.39, 0.29) is 25.9 Å². The molecule has 0 unspecified atom stereocenters. The van der Waals surface area contributed by atoms with Crippen LogP contribution in [0.4, 0.5) is 0 Å². The minimum absolute atomic E-state index is 0.00551. The molecule has 0 radical (unpaired) electrons. The number of ether oxygens (including phenoxy) is 4. The average Bonchev–Trinajstić information content (AvgIpc) is 2.63. The molecule has 0 heterocycles. The van der Waals surface area contributed by atoms with E-state index in [1.54, 1.807) is 0 Å². The van der Waals surface area contributed by atoms with Crippen LogP contribution in [0, 0.1) is 0 Å². The number of nitrogens with two attached hydrogens (primary N) is 1. The number of hydrogen-bond donors (Lipinski definition) is 1. The SMILES string of the molecule is CN(OC(=O)CCOCCOCCOCCOCCN)C(=O)CCC=O. The number of hydroxylamine groups is 2. The predicted octanol–water partition coefficient (Wildman–Crippen LogP) is -0.703. The van der Waals surface area contributed by atoms with Gasteiger partial charge in [-0.2, -0.15) is 5.06 Å². The Balaban J connectivity index is 3.37. The minimum Gasteiger partial charge on any atom is -0.378 e. The van der Waals surface area contributed by atoms with E-state index in [4.69, 9.17) is 29.5 Å². The standard InChI is InChI=1S/C16H30N2O8/c1-18(15(20)3-2-6-19)26-16(21)4-7-22-9-11-24-13-14-25-12-10-23-8-5-17/h6H,2-5,7-14,17H2,1H3. The second kappa shape index (κ2) is 18.2. The molecule has 0 aromatic rings. The van der Waals surface area contributed by atoms with Crippen molar-refractivity contribution < 1.29 is 38.2 Å². The number of carbonyl (C=O) groups is 3. The molecule has 0 aliphatic rings. The van der Waals surface area contributed by atoms with E-state index in [0.29, 0.717) is 59.1 Å². The summed E-state index contributed by atoms with van der Waals surface area (Å²) in [5, 5.41) is 0.829. The zero-order chi connectivity index (χ0) is 19.5. The van der Waals surface area contributed by atoms with Crippen LogP contribution in [-0.2, 0) is 38.2 Å². The van der Waals surface area contributed by atoms with E-state index >= 15 is 0 Å². The van der Waals surface area contributed by atoms with Crippen LogP contribution in [-0.4, -0.2) is 89.7 Å². The molecule has 0 aliphatic carbocycles. The van der Waals surface area contributed by atoms with Crippen LogP contribution in [0.15, 0.2) is 0 Å². The Labute approximate surface area is 153 Å². The minimum atomic E-state index is -0.585. The van der Waals surface area contributed by atoms with Crippen LogP contribution in [0.5, 0.6) is 0 Å². The third-order valence-corrected chi connectivity index (χ3v) is 2.89. The maximum Gasteiger partial charge on any atom is 0.334 e. The van der Waals surface area contributed by atoms with Crippen LogP contribution >= 0.6 is 0 Å². The van der Waals surface area contributed by atoms with Crippen LogP contribution in [0.1, 0.15) is 19.3 Å². The summed E-state index contributed by atoms with van der Waals surface area (Å²) in [4.78, 5) is 37.9. The lowest BCUT2D eigenvalue weighted by Crippen LogP contribution is -2.30. The van der Waals surface area contributed by atoms with Gasteiger partial charge in [-0.15, -0.1) is 0 Å². The molecule has 0 spiro atoms. The van der Waals surface area contributed by atoms with E-state index in [1.807, 2.05) is 0 Å². The Morgan fingerprint density at radius 2 is 1.35 bits per heavy atom. The molecule has 26 heavy (non-hydrogen) atoms. The van der Waals surface area contributed by atoms with Gasteiger partial charge in [0.15, 0.2) is 0 Å². The van der Waals surface area contributed by atoms with Gasteiger partial charge in [0.25, 0.3) is 5.91 Å². The quantitative estimate of drug-likeness (QED) is 0.198. The van der Waals surface area contributed by atoms with Crippen molar-refractivity contribution in [3.8, 4) is 0 Å². The first kappa shape index (κ1) is 24.4. The van der Waals surface area contributed by atoms with E-state index < -0.39 is 11.9 Å². The van der Waals surface area contributed by atoms with Gasteiger partial charge in [0, 0.05) is 26.4 Å². The Hall–Kier alpha value is -1.59. The molecule has 10 nitrogen and oxygen atoms in total. The summed E-state index contributed by atoms with van der Waals surface area (Å²) < 4.78 is 20.9. The van der Waals surface area contributed by atoms with E-state index in [0.717, 1.165) is 5.06 Å². The van der Waals surface area contributed by atoms with Gasteiger partial charge in [-0.25, -0.2) is 4.79 Å². The van der Waals surface area contributed by atoms with Gasteiger partial charge in [-0.05, 0) is 0 Å². The van der Waals surface area contributed by atoms with Crippen LogP contribution in [0.3, 0.4) is 0 Å². The molecule has 10 heteroatoms. The lowest BCUT2D eigenvalue weighted by atomic mass is 10.3. The fourth-order valence-electron chi connectivity index (χ4n) is 1.59. The topological polar surface area (TPSA) is 127 Å². The summed E-state index contributed by atoms with van der Waals surface area (Å²) >= 11 is 0. The first-order chi connectivity index (χ1) is 12.6. The molecule has 0 bridgehead atoms. The fourth-order valence-corrected chi connectivity index (χ4v) is 1.59. The van der Waals surface area contributed by atoms with Crippen molar-refractivity contribution >= 4 is 18.2 Å². The van der Waals surface area contributed by atoms with Gasteiger partial charge in [-0.1, -0.05) is 0 Å². The van der Waals surface area contributed by atoms with Gasteiger partial charge >= 0.3 is 5.97 Å². The van der Waals surface area contributed by atoms with E-state index in [9.17, 15) is 14.4 Å². The summed E-state index contributed by atoms with van der Waals surface area (Å²) in [7, 11) is 1.33. The van der Waals surface area contributed by atoms with Crippen molar-refractivity contribution in [2.75, 3.05) is 66.4 Å². The van der Waals surface area contributed by atoms with Crippen molar-refractivity contribution in [1.82, 2.24) is 5.06 Å². The number of amides is 1. The third kappa shape index (κ3) is 15.9. The molecule has 152 valence electrons. The highest BCUT2D eigenvalue weighted by molar-refractivity contribution is 5.79. The lowest BCUT2D eigenvalue weighted by molar-refractivity contribution is -0.193. The summed E-state index contributed by atoms with van der Waals surface area (Å²) in [5.74, 6) is -1.02. The van der Waals surface area contributed by atoms with Crippen LogP contribution in [0.2, 0.25) is 0 Å². The summed E-state index contributed by atoms with van der Waals surface area (Å²) in [6.45, 7) is 3.80. The molecule has 0 saturated carbocycles. The molecule has 0 aromatic heterocycles. The zero-order valence-corrected chi connectivity index (χ0v) is 15.4. The molecule has 1 amide bonds. The highest BCUT2D eigenvalue weighted by Crippen LogP contribution is 1.98. The lowest BCUT2D eigenvalue weighted by Gasteiger charge is -2.15. The van der Waals surface area contributed by atoms with Gasteiger partial charge in [0.05, 0.1) is 59.3 Å². The largest absolute Gasteiger partial charge is 0.378 e. The highest BCUT2D eigenvalue weighted by atomic mass is 16.7. The van der Waals surface area contributed by atoms with Crippen molar-refractivity contribution in [2.45, 2.75) is 19.3 Å². The third-order valence-electron chi connectivity index (χ3n) is 2.89. The molecule has 0 fully saturated rings. The number of carbonyl (C=O) groups excluding carboxylic acids is 3. The Bertz CT molecular complexity index is 381. The first-order valence-corrected chi connectivity index (χ1v) is 8.53. The number of hydrogen-bond acceptors (Lipinski definition) is 9. The van der Waals surface area contributed by atoms with Crippen molar-refractivity contribution in [3.05, 3.63) is 0 Å². The van der Waals surface area contributed by atoms with Gasteiger partial charge in [0.1, 0.15) is 6.29 Å². The van der Waals surface area contributed by atoms with Crippen molar-refractivity contribution in [3.63, 3.8) is 0 Å². The summed E-state index contributed by atoms with van der Waals surface area (Å²) in [6.07, 6.45) is 0.743. The first-order valence-electron chi connectivity index (χ1n) is 8.53. The number of rotatable bonds is 17. The van der Waals surface area contributed by atoms with Crippen molar-refractivity contribution in [2.24, 2.45) is 5.73 Å². The van der Waals surface area contributed by atoms with Gasteiger partial charge < -0.3 is 34.3 Å². The summed E-state index contributed by atoms with van der Waals surface area (Å²) in [5.41, 5.74) is 5.27. The monoisotopic (exact) mass is 378 g/mol. The smallest absolute Gasteiger partial charge is 0.334 e. The zero-order valence-electron chi connectivity index (χ0n) is 15.4. The maximum atomic E-state index is 11.5.